The number of carbonyl (C=O) groups excluding carboxylic acids is 1. The van der Waals surface area contributed by atoms with E-state index < -0.39 is 0 Å². The number of rotatable bonds is 2. The van der Waals surface area contributed by atoms with Gasteiger partial charge in [0.05, 0.1) is 12.7 Å². The Bertz CT molecular complexity index is 359. The fourth-order valence-electron chi connectivity index (χ4n) is 1.45. The Morgan fingerprint density at radius 2 is 2.00 bits per heavy atom. The van der Waals surface area contributed by atoms with Crippen LogP contribution in [0.5, 0.6) is 0 Å². The first-order valence-corrected chi connectivity index (χ1v) is 4.48. The third-order valence-corrected chi connectivity index (χ3v) is 2.31. The Hall–Kier alpha value is -1.35. The quantitative estimate of drug-likeness (QED) is 0.725. The molecule has 0 fully saturated rings. The maximum Gasteiger partial charge on any atom is 0.338 e. The van der Waals surface area contributed by atoms with Gasteiger partial charge in [0, 0.05) is 6.54 Å². The summed E-state index contributed by atoms with van der Waals surface area (Å²) in [5.74, 6) is -0.308. The second-order valence-corrected chi connectivity index (χ2v) is 3.29. The topological polar surface area (TPSA) is 52.3 Å². The number of hydrogen-bond donors (Lipinski definition) is 1. The van der Waals surface area contributed by atoms with Gasteiger partial charge in [0.1, 0.15) is 0 Å². The minimum atomic E-state index is -0.308. The van der Waals surface area contributed by atoms with Crippen LogP contribution >= 0.6 is 0 Å². The van der Waals surface area contributed by atoms with Gasteiger partial charge in [-0.05, 0) is 36.6 Å². The number of nitrogens with two attached hydrogens (primary N) is 1. The molecule has 3 nitrogen and oxygen atoms in total. The molecule has 0 aromatic heterocycles. The van der Waals surface area contributed by atoms with Crippen molar-refractivity contribution < 1.29 is 9.53 Å². The molecule has 0 saturated heterocycles. The van der Waals surface area contributed by atoms with Crippen molar-refractivity contribution in [2.75, 3.05) is 7.11 Å². The summed E-state index contributed by atoms with van der Waals surface area (Å²) >= 11 is 0. The molecule has 0 bridgehead atoms. The molecule has 1 aromatic rings. The van der Waals surface area contributed by atoms with Crippen molar-refractivity contribution in [3.05, 3.63) is 34.4 Å². The molecule has 1 aromatic carbocycles. The van der Waals surface area contributed by atoms with Crippen molar-refractivity contribution in [2.45, 2.75) is 20.4 Å². The zero-order valence-corrected chi connectivity index (χ0v) is 8.76. The van der Waals surface area contributed by atoms with Crippen LogP contribution in [-0.2, 0) is 11.3 Å². The van der Waals surface area contributed by atoms with Crippen LogP contribution < -0.4 is 5.73 Å². The van der Waals surface area contributed by atoms with Crippen LogP contribution in [0.3, 0.4) is 0 Å². The van der Waals surface area contributed by atoms with Crippen molar-refractivity contribution in [2.24, 2.45) is 5.73 Å². The first-order chi connectivity index (χ1) is 6.60. The fraction of sp³-hybridized carbons (Fsp3) is 0.364. The predicted molar refractivity (Wildman–Crippen MR) is 55.1 cm³/mol. The van der Waals surface area contributed by atoms with Crippen molar-refractivity contribution in [3.63, 3.8) is 0 Å². The van der Waals surface area contributed by atoms with E-state index in [0.29, 0.717) is 12.1 Å². The molecule has 0 aliphatic heterocycles. The van der Waals surface area contributed by atoms with E-state index in [9.17, 15) is 4.79 Å². The summed E-state index contributed by atoms with van der Waals surface area (Å²) in [5.41, 5.74) is 9.17. The van der Waals surface area contributed by atoms with Gasteiger partial charge in [-0.3, -0.25) is 0 Å². The Labute approximate surface area is 83.9 Å². The van der Waals surface area contributed by atoms with E-state index in [4.69, 9.17) is 5.73 Å². The molecule has 0 unspecified atom stereocenters. The van der Waals surface area contributed by atoms with Gasteiger partial charge in [0.25, 0.3) is 0 Å². The number of esters is 1. The molecular weight excluding hydrogens is 178 g/mol. The number of benzene rings is 1. The Kier molecular flexibility index (Phi) is 3.25. The molecule has 0 radical (unpaired) electrons. The average molecular weight is 193 g/mol. The van der Waals surface area contributed by atoms with Gasteiger partial charge in [0.15, 0.2) is 0 Å². The van der Waals surface area contributed by atoms with Gasteiger partial charge >= 0.3 is 5.97 Å². The summed E-state index contributed by atoms with van der Waals surface area (Å²) in [6, 6.07) is 3.75. The minimum absolute atomic E-state index is 0.308. The van der Waals surface area contributed by atoms with Crippen LogP contribution in [0.4, 0.5) is 0 Å². The summed E-state index contributed by atoms with van der Waals surface area (Å²) < 4.78 is 4.68. The molecule has 0 amide bonds. The predicted octanol–water partition coefficient (Wildman–Crippen LogP) is 1.55. The van der Waals surface area contributed by atoms with E-state index in [2.05, 4.69) is 4.74 Å². The largest absolute Gasteiger partial charge is 0.465 e. The highest BCUT2D eigenvalue weighted by molar-refractivity contribution is 5.91. The zero-order valence-electron chi connectivity index (χ0n) is 8.76. The molecule has 14 heavy (non-hydrogen) atoms. The van der Waals surface area contributed by atoms with Crippen LogP contribution in [0.25, 0.3) is 0 Å². The van der Waals surface area contributed by atoms with E-state index in [1.165, 1.54) is 7.11 Å². The molecule has 0 aliphatic carbocycles. The van der Waals surface area contributed by atoms with Gasteiger partial charge in [-0.1, -0.05) is 6.07 Å². The standard InChI is InChI=1S/C11H15NO2/c1-7-4-8(2)10(11(13)14-3)5-9(7)6-12/h4-5H,6,12H2,1-3H3. The lowest BCUT2D eigenvalue weighted by atomic mass is 10.00. The maximum atomic E-state index is 11.4. The highest BCUT2D eigenvalue weighted by Crippen LogP contribution is 2.16. The number of aryl methyl sites for hydroxylation is 2. The molecular formula is C11H15NO2. The normalized spacial score (nSPS) is 10.0. The van der Waals surface area contributed by atoms with E-state index in [-0.39, 0.29) is 5.97 Å². The molecule has 0 spiro atoms. The Morgan fingerprint density at radius 1 is 1.36 bits per heavy atom. The van der Waals surface area contributed by atoms with E-state index in [1.807, 2.05) is 19.9 Å². The smallest absolute Gasteiger partial charge is 0.338 e. The second-order valence-electron chi connectivity index (χ2n) is 3.29. The lowest BCUT2D eigenvalue weighted by Crippen LogP contribution is -2.07. The SMILES string of the molecule is COC(=O)c1cc(CN)c(C)cc1C. The van der Waals surface area contributed by atoms with Crippen molar-refractivity contribution in [1.82, 2.24) is 0 Å². The molecule has 1 rings (SSSR count). The number of hydrogen-bond acceptors (Lipinski definition) is 3. The van der Waals surface area contributed by atoms with E-state index in [0.717, 1.165) is 16.7 Å². The van der Waals surface area contributed by atoms with Crippen molar-refractivity contribution in [1.29, 1.82) is 0 Å². The number of methoxy groups -OCH3 is 1. The first-order valence-electron chi connectivity index (χ1n) is 4.48. The van der Waals surface area contributed by atoms with Crippen molar-refractivity contribution in [3.8, 4) is 0 Å². The van der Waals surface area contributed by atoms with Gasteiger partial charge in [-0.2, -0.15) is 0 Å². The zero-order chi connectivity index (χ0) is 10.7. The lowest BCUT2D eigenvalue weighted by Gasteiger charge is -2.09. The Morgan fingerprint density at radius 3 is 2.50 bits per heavy atom. The highest BCUT2D eigenvalue weighted by Gasteiger charge is 2.11. The molecule has 0 aliphatic rings. The average Bonchev–Trinajstić information content (AvgIpc) is 2.17. The van der Waals surface area contributed by atoms with Crippen LogP contribution in [0.15, 0.2) is 12.1 Å². The minimum Gasteiger partial charge on any atom is -0.465 e. The van der Waals surface area contributed by atoms with Crippen LogP contribution in [0.1, 0.15) is 27.0 Å². The molecule has 2 N–H and O–H groups in total. The molecule has 0 saturated carbocycles. The van der Waals surface area contributed by atoms with Gasteiger partial charge in [-0.15, -0.1) is 0 Å². The molecule has 0 atom stereocenters. The maximum absolute atomic E-state index is 11.4. The van der Waals surface area contributed by atoms with Gasteiger partial charge in [0.2, 0.25) is 0 Å². The van der Waals surface area contributed by atoms with Crippen LogP contribution in [-0.4, -0.2) is 13.1 Å². The second kappa shape index (κ2) is 4.24. The van der Waals surface area contributed by atoms with Crippen molar-refractivity contribution >= 4 is 5.97 Å². The first kappa shape index (κ1) is 10.7. The van der Waals surface area contributed by atoms with Gasteiger partial charge < -0.3 is 10.5 Å². The van der Waals surface area contributed by atoms with Gasteiger partial charge in [-0.25, -0.2) is 4.79 Å². The molecule has 76 valence electrons. The Balaban J connectivity index is 3.24. The van der Waals surface area contributed by atoms with E-state index in [1.54, 1.807) is 6.07 Å². The summed E-state index contributed by atoms with van der Waals surface area (Å²) in [6.07, 6.45) is 0. The monoisotopic (exact) mass is 193 g/mol. The molecule has 3 heteroatoms. The number of ether oxygens (including phenoxy) is 1. The molecule has 0 heterocycles. The van der Waals surface area contributed by atoms with Crippen LogP contribution in [0.2, 0.25) is 0 Å². The number of carbonyl (C=O) groups is 1. The third kappa shape index (κ3) is 1.93. The van der Waals surface area contributed by atoms with E-state index >= 15 is 0 Å². The van der Waals surface area contributed by atoms with Crippen LogP contribution in [0, 0.1) is 13.8 Å². The summed E-state index contributed by atoms with van der Waals surface area (Å²) in [7, 11) is 1.38. The fourth-order valence-corrected chi connectivity index (χ4v) is 1.45. The summed E-state index contributed by atoms with van der Waals surface area (Å²) in [4.78, 5) is 11.4. The third-order valence-electron chi connectivity index (χ3n) is 2.31. The summed E-state index contributed by atoms with van der Waals surface area (Å²) in [5, 5.41) is 0. The highest BCUT2D eigenvalue weighted by atomic mass is 16.5. The lowest BCUT2D eigenvalue weighted by molar-refractivity contribution is 0.0600. The summed E-state index contributed by atoms with van der Waals surface area (Å²) in [6.45, 7) is 4.31.